The second-order valence-corrected chi connectivity index (χ2v) is 3.52. The van der Waals surface area contributed by atoms with Crippen LogP contribution in [-0.4, -0.2) is 15.7 Å². The lowest BCUT2D eigenvalue weighted by molar-refractivity contribution is 0.557. The van der Waals surface area contributed by atoms with Crippen LogP contribution in [0.2, 0.25) is 0 Å². The number of aryl methyl sites for hydroxylation is 1. The number of hydrazone groups is 1. The Labute approximate surface area is 97.4 Å². The standard InChI is InChI=1S/C11H12N4O2/c1-7-6-10(16)13-11(12-7)15-14-8(2)9-4-3-5-17-9/h3-6H,1-2H3,(H2,12,13,15,16)/b14-8-. The number of nitrogens with zero attached hydrogens (tertiary/aromatic N) is 2. The normalized spacial score (nSPS) is 11.5. The van der Waals surface area contributed by atoms with Gasteiger partial charge in [0.15, 0.2) is 0 Å². The zero-order chi connectivity index (χ0) is 12.3. The molecule has 2 N–H and O–H groups in total. The number of nitrogens with one attached hydrogen (secondary N) is 2. The molecule has 0 amide bonds. The van der Waals surface area contributed by atoms with Gasteiger partial charge in [-0.3, -0.25) is 9.78 Å². The molecule has 0 fully saturated rings. The van der Waals surface area contributed by atoms with Gasteiger partial charge in [-0.1, -0.05) is 0 Å². The second kappa shape index (κ2) is 4.65. The third kappa shape index (κ3) is 2.81. The fourth-order valence-electron chi connectivity index (χ4n) is 1.31. The Morgan fingerprint density at radius 3 is 3.06 bits per heavy atom. The topological polar surface area (TPSA) is 83.3 Å². The van der Waals surface area contributed by atoms with Crippen molar-refractivity contribution in [2.24, 2.45) is 5.10 Å². The first-order valence-electron chi connectivity index (χ1n) is 5.07. The lowest BCUT2D eigenvalue weighted by Gasteiger charge is -2.01. The molecule has 2 aromatic heterocycles. The van der Waals surface area contributed by atoms with E-state index in [1.807, 2.05) is 0 Å². The summed E-state index contributed by atoms with van der Waals surface area (Å²) in [5, 5.41) is 4.06. The van der Waals surface area contributed by atoms with Crippen LogP contribution in [0.25, 0.3) is 0 Å². The van der Waals surface area contributed by atoms with Gasteiger partial charge >= 0.3 is 0 Å². The molecule has 0 aliphatic heterocycles. The van der Waals surface area contributed by atoms with Gasteiger partial charge in [0.1, 0.15) is 11.5 Å². The van der Waals surface area contributed by atoms with Gasteiger partial charge in [-0.2, -0.15) is 5.10 Å². The second-order valence-electron chi connectivity index (χ2n) is 3.52. The molecule has 0 bridgehead atoms. The summed E-state index contributed by atoms with van der Waals surface area (Å²) >= 11 is 0. The van der Waals surface area contributed by atoms with Gasteiger partial charge in [0.2, 0.25) is 5.95 Å². The number of H-pyrrole nitrogens is 1. The number of aromatic amines is 1. The van der Waals surface area contributed by atoms with Gasteiger partial charge in [0.05, 0.1) is 6.26 Å². The summed E-state index contributed by atoms with van der Waals surface area (Å²) in [4.78, 5) is 17.8. The van der Waals surface area contributed by atoms with Gasteiger partial charge in [-0.05, 0) is 26.0 Å². The van der Waals surface area contributed by atoms with E-state index in [0.717, 1.165) is 0 Å². The Hall–Kier alpha value is -2.37. The summed E-state index contributed by atoms with van der Waals surface area (Å²) in [6.07, 6.45) is 1.57. The average molecular weight is 232 g/mol. The molecule has 0 unspecified atom stereocenters. The molecule has 6 heteroatoms. The molecule has 6 nitrogen and oxygen atoms in total. The molecule has 0 radical (unpaired) electrons. The summed E-state index contributed by atoms with van der Waals surface area (Å²) in [6.45, 7) is 3.53. The first-order valence-corrected chi connectivity index (χ1v) is 5.07. The molecule has 0 aromatic carbocycles. The van der Waals surface area contributed by atoms with E-state index in [1.165, 1.54) is 6.07 Å². The Kier molecular flexibility index (Phi) is 3.04. The molecule has 2 heterocycles. The zero-order valence-corrected chi connectivity index (χ0v) is 9.52. The minimum Gasteiger partial charge on any atom is -0.463 e. The smallest absolute Gasteiger partial charge is 0.252 e. The molecule has 88 valence electrons. The van der Waals surface area contributed by atoms with Crippen molar-refractivity contribution >= 4 is 11.7 Å². The predicted molar refractivity (Wildman–Crippen MR) is 64.1 cm³/mol. The summed E-state index contributed by atoms with van der Waals surface area (Å²) in [5.41, 5.74) is 3.75. The summed E-state index contributed by atoms with van der Waals surface area (Å²) in [5.74, 6) is 0.966. The van der Waals surface area contributed by atoms with E-state index in [2.05, 4.69) is 20.5 Å². The average Bonchev–Trinajstić information content (AvgIpc) is 2.78. The third-order valence-corrected chi connectivity index (χ3v) is 2.08. The van der Waals surface area contributed by atoms with Gasteiger partial charge in [-0.15, -0.1) is 0 Å². The molecule has 17 heavy (non-hydrogen) atoms. The minimum atomic E-state index is -0.217. The summed E-state index contributed by atoms with van der Waals surface area (Å²) < 4.78 is 5.17. The van der Waals surface area contributed by atoms with Crippen molar-refractivity contribution in [3.8, 4) is 0 Å². The van der Waals surface area contributed by atoms with Crippen molar-refractivity contribution in [1.29, 1.82) is 0 Å². The highest BCUT2D eigenvalue weighted by Gasteiger charge is 2.00. The molecular weight excluding hydrogens is 220 g/mol. The highest BCUT2D eigenvalue weighted by molar-refractivity contribution is 5.96. The number of aromatic nitrogens is 2. The largest absolute Gasteiger partial charge is 0.463 e. The van der Waals surface area contributed by atoms with Crippen molar-refractivity contribution in [1.82, 2.24) is 9.97 Å². The van der Waals surface area contributed by atoms with E-state index in [-0.39, 0.29) is 5.56 Å². The van der Waals surface area contributed by atoms with Crippen LogP contribution >= 0.6 is 0 Å². The molecule has 0 saturated carbocycles. The van der Waals surface area contributed by atoms with Crippen LogP contribution in [0.1, 0.15) is 18.4 Å². The lowest BCUT2D eigenvalue weighted by Crippen LogP contribution is -2.11. The predicted octanol–water partition coefficient (Wildman–Crippen LogP) is 1.51. The van der Waals surface area contributed by atoms with Crippen LogP contribution < -0.4 is 11.0 Å². The van der Waals surface area contributed by atoms with E-state index in [1.54, 1.807) is 32.2 Å². The SMILES string of the molecule is C/C(=N/Nc1nc(C)cc(=O)[nH]1)c1ccco1. The first-order chi connectivity index (χ1) is 8.15. The molecule has 0 aliphatic rings. The van der Waals surface area contributed by atoms with E-state index in [0.29, 0.717) is 23.1 Å². The summed E-state index contributed by atoms with van der Waals surface area (Å²) in [6, 6.07) is 4.99. The van der Waals surface area contributed by atoms with Crippen LogP contribution in [0.15, 0.2) is 38.8 Å². The number of rotatable bonds is 3. The van der Waals surface area contributed by atoms with Gasteiger partial charge in [0, 0.05) is 11.8 Å². The molecule has 0 saturated heterocycles. The number of hydrogen-bond acceptors (Lipinski definition) is 5. The Balaban J connectivity index is 2.17. The van der Waals surface area contributed by atoms with Crippen LogP contribution in [0.3, 0.4) is 0 Å². The molecule has 0 spiro atoms. The highest BCUT2D eigenvalue weighted by atomic mass is 16.3. The van der Waals surface area contributed by atoms with Crippen LogP contribution in [-0.2, 0) is 0 Å². The van der Waals surface area contributed by atoms with Gasteiger partial charge in [-0.25, -0.2) is 10.4 Å². The Morgan fingerprint density at radius 2 is 2.41 bits per heavy atom. The van der Waals surface area contributed by atoms with Crippen molar-refractivity contribution < 1.29 is 4.42 Å². The van der Waals surface area contributed by atoms with E-state index >= 15 is 0 Å². The van der Waals surface area contributed by atoms with Crippen molar-refractivity contribution in [2.75, 3.05) is 5.43 Å². The Bertz CT molecular complexity index is 584. The number of hydrogen-bond donors (Lipinski definition) is 2. The quantitative estimate of drug-likeness (QED) is 0.620. The lowest BCUT2D eigenvalue weighted by atomic mass is 10.3. The fourth-order valence-corrected chi connectivity index (χ4v) is 1.31. The number of anilines is 1. The maximum Gasteiger partial charge on any atom is 0.252 e. The van der Waals surface area contributed by atoms with Crippen molar-refractivity contribution in [3.63, 3.8) is 0 Å². The Morgan fingerprint density at radius 1 is 1.59 bits per heavy atom. The number of furan rings is 1. The zero-order valence-electron chi connectivity index (χ0n) is 9.52. The third-order valence-electron chi connectivity index (χ3n) is 2.08. The molecule has 2 aromatic rings. The van der Waals surface area contributed by atoms with Crippen molar-refractivity contribution in [2.45, 2.75) is 13.8 Å². The maximum absolute atomic E-state index is 11.2. The fraction of sp³-hybridized carbons (Fsp3) is 0.182. The van der Waals surface area contributed by atoms with Gasteiger partial charge in [0.25, 0.3) is 5.56 Å². The van der Waals surface area contributed by atoms with Crippen LogP contribution in [0.4, 0.5) is 5.95 Å². The monoisotopic (exact) mass is 232 g/mol. The van der Waals surface area contributed by atoms with Crippen LogP contribution in [0.5, 0.6) is 0 Å². The van der Waals surface area contributed by atoms with Crippen LogP contribution in [0, 0.1) is 6.92 Å². The van der Waals surface area contributed by atoms with Crippen molar-refractivity contribution in [3.05, 3.63) is 46.3 Å². The molecule has 2 rings (SSSR count). The maximum atomic E-state index is 11.2. The van der Waals surface area contributed by atoms with Gasteiger partial charge < -0.3 is 4.42 Å². The molecular formula is C11H12N4O2. The molecule has 0 aliphatic carbocycles. The first kappa shape index (κ1) is 11.1. The van der Waals surface area contributed by atoms with E-state index < -0.39 is 0 Å². The van der Waals surface area contributed by atoms with E-state index in [9.17, 15) is 4.79 Å². The minimum absolute atomic E-state index is 0.217. The molecule has 0 atom stereocenters. The summed E-state index contributed by atoms with van der Waals surface area (Å²) in [7, 11) is 0. The highest BCUT2D eigenvalue weighted by Crippen LogP contribution is 2.03. The van der Waals surface area contributed by atoms with E-state index in [4.69, 9.17) is 4.42 Å².